The first-order valence-electron chi connectivity index (χ1n) is 10.1. The third-order valence-corrected chi connectivity index (χ3v) is 5.91. The number of amides is 1. The highest BCUT2D eigenvalue weighted by Gasteiger charge is 2.24. The van der Waals surface area contributed by atoms with E-state index in [-0.39, 0.29) is 5.91 Å². The molecule has 1 aliphatic rings. The van der Waals surface area contributed by atoms with Crippen molar-refractivity contribution in [3.8, 4) is 0 Å². The van der Waals surface area contributed by atoms with Gasteiger partial charge in [0.15, 0.2) is 5.96 Å². The van der Waals surface area contributed by atoms with Crippen LogP contribution >= 0.6 is 11.3 Å². The van der Waals surface area contributed by atoms with Crippen LogP contribution in [0.15, 0.2) is 40.7 Å². The minimum Gasteiger partial charge on any atom is -0.356 e. The number of aryl methyl sites for hydroxylation is 1. The zero-order chi connectivity index (χ0) is 20.5. The number of aromatic nitrogens is 1. The van der Waals surface area contributed by atoms with E-state index in [9.17, 15) is 4.79 Å². The van der Waals surface area contributed by atoms with Gasteiger partial charge in [0.25, 0.3) is 0 Å². The van der Waals surface area contributed by atoms with Gasteiger partial charge in [0.1, 0.15) is 5.82 Å². The number of thiophene rings is 1. The fourth-order valence-corrected chi connectivity index (χ4v) is 4.33. The fraction of sp³-hybridized carbons (Fsp3) is 0.476. The molecule has 0 bridgehead atoms. The van der Waals surface area contributed by atoms with Crippen LogP contribution in [0, 0.1) is 6.92 Å². The van der Waals surface area contributed by atoms with Crippen LogP contribution in [0.3, 0.4) is 0 Å². The van der Waals surface area contributed by atoms with Gasteiger partial charge in [-0.15, -0.1) is 11.3 Å². The van der Waals surface area contributed by atoms with Crippen LogP contribution in [0.5, 0.6) is 0 Å². The van der Waals surface area contributed by atoms with Gasteiger partial charge in [-0.3, -0.25) is 14.7 Å². The van der Waals surface area contributed by atoms with E-state index in [1.165, 1.54) is 17.7 Å². The first kappa shape index (κ1) is 21.3. The summed E-state index contributed by atoms with van der Waals surface area (Å²) in [6.07, 6.45) is 2.87. The number of hydrogen-bond acceptors (Lipinski definition) is 5. The largest absolute Gasteiger partial charge is 0.356 e. The number of rotatable bonds is 8. The molecule has 8 heteroatoms. The van der Waals surface area contributed by atoms with Crippen LogP contribution in [0.2, 0.25) is 0 Å². The molecule has 2 aromatic heterocycles. The molecule has 0 aliphatic carbocycles. The molecule has 1 unspecified atom stereocenters. The van der Waals surface area contributed by atoms with E-state index in [0.717, 1.165) is 25.3 Å². The molecular formula is C21H30N6OS. The summed E-state index contributed by atoms with van der Waals surface area (Å²) in [6.45, 7) is 5.48. The number of carbonyl (C=O) groups excluding carboxylic acids is 1. The summed E-state index contributed by atoms with van der Waals surface area (Å²) in [6, 6.07) is 10.2. The molecule has 1 aliphatic heterocycles. The quantitative estimate of drug-likeness (QED) is 0.457. The van der Waals surface area contributed by atoms with Gasteiger partial charge >= 0.3 is 0 Å². The van der Waals surface area contributed by atoms with E-state index in [0.29, 0.717) is 30.8 Å². The molecule has 156 valence electrons. The number of pyridine rings is 1. The van der Waals surface area contributed by atoms with Gasteiger partial charge in [0.2, 0.25) is 5.91 Å². The van der Waals surface area contributed by atoms with Gasteiger partial charge in [-0.25, -0.2) is 4.98 Å². The van der Waals surface area contributed by atoms with Gasteiger partial charge in [-0.1, -0.05) is 12.1 Å². The summed E-state index contributed by atoms with van der Waals surface area (Å²) >= 11 is 1.80. The molecule has 2 aromatic rings. The maximum Gasteiger partial charge on any atom is 0.227 e. The Morgan fingerprint density at radius 2 is 2.07 bits per heavy atom. The molecule has 7 nitrogen and oxygen atoms in total. The first-order chi connectivity index (χ1) is 14.2. The van der Waals surface area contributed by atoms with Crippen molar-refractivity contribution in [1.29, 1.82) is 0 Å². The van der Waals surface area contributed by atoms with Crippen molar-refractivity contribution in [2.45, 2.75) is 32.2 Å². The normalized spacial score (nSPS) is 15.9. The highest BCUT2D eigenvalue weighted by atomic mass is 32.1. The summed E-state index contributed by atoms with van der Waals surface area (Å²) < 4.78 is 0. The highest BCUT2D eigenvalue weighted by molar-refractivity contribution is 7.10. The Morgan fingerprint density at radius 1 is 1.24 bits per heavy atom. The van der Waals surface area contributed by atoms with Crippen LogP contribution < -0.4 is 16.0 Å². The second-order valence-corrected chi connectivity index (χ2v) is 8.10. The van der Waals surface area contributed by atoms with E-state index >= 15 is 0 Å². The van der Waals surface area contributed by atoms with Crippen molar-refractivity contribution in [2.75, 3.05) is 38.5 Å². The third-order valence-electron chi connectivity index (χ3n) is 4.94. The van der Waals surface area contributed by atoms with Crippen molar-refractivity contribution >= 4 is 29.0 Å². The van der Waals surface area contributed by atoms with Gasteiger partial charge in [-0.2, -0.15) is 0 Å². The average molecular weight is 415 g/mol. The lowest BCUT2D eigenvalue weighted by molar-refractivity contribution is -0.116. The zero-order valence-electron chi connectivity index (χ0n) is 17.1. The lowest BCUT2D eigenvalue weighted by Crippen LogP contribution is -2.43. The van der Waals surface area contributed by atoms with Crippen molar-refractivity contribution in [2.24, 2.45) is 4.99 Å². The van der Waals surface area contributed by atoms with Crippen LogP contribution in [0.4, 0.5) is 5.82 Å². The number of hydrogen-bond donors (Lipinski definition) is 3. The van der Waals surface area contributed by atoms with Gasteiger partial charge < -0.3 is 16.0 Å². The Bertz CT molecular complexity index is 801. The summed E-state index contributed by atoms with van der Waals surface area (Å²) in [5.41, 5.74) is 0.879. The lowest BCUT2D eigenvalue weighted by atomic mass is 10.2. The molecule has 1 atom stereocenters. The minimum atomic E-state index is -0.0698. The minimum absolute atomic E-state index is 0.0698. The Balaban J connectivity index is 1.44. The molecule has 3 heterocycles. The molecule has 0 radical (unpaired) electrons. The summed E-state index contributed by atoms with van der Waals surface area (Å²) in [5.74, 6) is 1.23. The van der Waals surface area contributed by atoms with E-state index in [2.05, 4.69) is 48.3 Å². The number of guanidine groups is 1. The number of nitrogens with zero attached hydrogens (tertiary/aromatic N) is 3. The second-order valence-electron chi connectivity index (χ2n) is 7.12. The van der Waals surface area contributed by atoms with Crippen molar-refractivity contribution in [1.82, 2.24) is 20.5 Å². The van der Waals surface area contributed by atoms with Crippen LogP contribution in [-0.4, -0.2) is 55.0 Å². The molecule has 1 saturated heterocycles. The topological polar surface area (TPSA) is 81.6 Å². The van der Waals surface area contributed by atoms with Gasteiger partial charge in [0.05, 0.1) is 6.04 Å². The molecule has 3 rings (SSSR count). The fourth-order valence-electron chi connectivity index (χ4n) is 3.47. The van der Waals surface area contributed by atoms with Gasteiger partial charge in [-0.05, 0) is 56.4 Å². The van der Waals surface area contributed by atoms with Crippen molar-refractivity contribution in [3.63, 3.8) is 0 Å². The predicted octanol–water partition coefficient (Wildman–Crippen LogP) is 2.78. The standard InChI is InChI=1S/C21H30N6OS/c1-16-7-5-9-19(25-16)26-20(28)10-11-23-21(22-2)24-15-17(18-8-6-14-29-18)27-12-3-4-13-27/h5-9,14,17H,3-4,10-13,15H2,1-2H3,(H2,22,23,24)(H,25,26,28). The molecule has 1 amide bonds. The molecular weight excluding hydrogens is 384 g/mol. The Morgan fingerprint density at radius 3 is 2.76 bits per heavy atom. The monoisotopic (exact) mass is 414 g/mol. The number of likely N-dealkylation sites (tertiary alicyclic amines) is 1. The molecule has 3 N–H and O–H groups in total. The number of carbonyl (C=O) groups is 1. The Hall–Kier alpha value is -2.45. The van der Waals surface area contributed by atoms with Crippen molar-refractivity contribution in [3.05, 3.63) is 46.3 Å². The lowest BCUT2D eigenvalue weighted by Gasteiger charge is -2.27. The number of anilines is 1. The average Bonchev–Trinajstić information content (AvgIpc) is 3.41. The van der Waals surface area contributed by atoms with E-state index in [4.69, 9.17) is 0 Å². The molecule has 29 heavy (non-hydrogen) atoms. The molecule has 0 spiro atoms. The van der Waals surface area contributed by atoms with E-state index in [1.807, 2.05) is 19.1 Å². The third kappa shape index (κ3) is 6.54. The maximum absolute atomic E-state index is 12.1. The first-order valence-corrected chi connectivity index (χ1v) is 11.0. The Kier molecular flexibility index (Phi) is 8.01. The summed E-state index contributed by atoms with van der Waals surface area (Å²) in [7, 11) is 1.75. The molecule has 0 aromatic carbocycles. The SMILES string of the molecule is CN=C(NCCC(=O)Nc1cccc(C)n1)NCC(c1cccs1)N1CCCC1. The smallest absolute Gasteiger partial charge is 0.227 e. The van der Waals surface area contributed by atoms with E-state index < -0.39 is 0 Å². The summed E-state index contributed by atoms with van der Waals surface area (Å²) in [4.78, 5) is 24.6. The number of nitrogens with one attached hydrogen (secondary N) is 3. The Labute approximate surface area is 176 Å². The summed E-state index contributed by atoms with van der Waals surface area (Å²) in [5, 5.41) is 11.6. The molecule has 1 fully saturated rings. The zero-order valence-corrected chi connectivity index (χ0v) is 18.0. The number of aliphatic imine (C=N–C) groups is 1. The highest BCUT2D eigenvalue weighted by Crippen LogP contribution is 2.27. The van der Waals surface area contributed by atoms with Crippen LogP contribution in [0.1, 0.15) is 35.9 Å². The van der Waals surface area contributed by atoms with E-state index in [1.54, 1.807) is 24.5 Å². The van der Waals surface area contributed by atoms with Crippen molar-refractivity contribution < 1.29 is 4.79 Å². The van der Waals surface area contributed by atoms with Gasteiger partial charge in [0, 0.05) is 37.1 Å². The van der Waals surface area contributed by atoms with Crippen LogP contribution in [-0.2, 0) is 4.79 Å². The maximum atomic E-state index is 12.1. The second kappa shape index (κ2) is 10.9. The van der Waals surface area contributed by atoms with Crippen LogP contribution in [0.25, 0.3) is 0 Å². The predicted molar refractivity (Wildman–Crippen MR) is 119 cm³/mol. The molecule has 0 saturated carbocycles.